The van der Waals surface area contributed by atoms with Crippen molar-refractivity contribution in [2.45, 2.75) is 25.4 Å². The van der Waals surface area contributed by atoms with Crippen LogP contribution in [0.25, 0.3) is 0 Å². The van der Waals surface area contributed by atoms with Gasteiger partial charge in [0.25, 0.3) is 0 Å². The zero-order valence-corrected chi connectivity index (χ0v) is 10.3. The Morgan fingerprint density at radius 3 is 2.89 bits per heavy atom. The number of hydrogen-bond acceptors (Lipinski definition) is 3. The van der Waals surface area contributed by atoms with Crippen molar-refractivity contribution in [3.8, 4) is 0 Å². The first-order valence-corrected chi connectivity index (χ1v) is 5.95. The first kappa shape index (κ1) is 13.0. The molecule has 0 bridgehead atoms. The molecule has 0 radical (unpaired) electrons. The van der Waals surface area contributed by atoms with Gasteiger partial charge in [-0.25, -0.2) is 4.39 Å². The second kappa shape index (κ2) is 5.46. The van der Waals surface area contributed by atoms with Gasteiger partial charge < -0.3 is 5.32 Å². The lowest BCUT2D eigenvalue weighted by Gasteiger charge is -2.22. The Kier molecular flexibility index (Phi) is 3.93. The van der Waals surface area contributed by atoms with Crippen molar-refractivity contribution in [3.63, 3.8) is 0 Å². The number of rotatable bonds is 3. The van der Waals surface area contributed by atoms with Gasteiger partial charge >= 0.3 is 0 Å². The van der Waals surface area contributed by atoms with Gasteiger partial charge in [-0.2, -0.15) is 0 Å². The molecular weight excluding hydrogens is 259 g/mol. The van der Waals surface area contributed by atoms with Gasteiger partial charge in [0.1, 0.15) is 5.82 Å². The highest BCUT2D eigenvalue weighted by atomic mass is 35.5. The molecule has 18 heavy (non-hydrogen) atoms. The molecule has 2 N–H and O–H groups in total. The molecular formula is C12H12ClFN2O2. The summed E-state index contributed by atoms with van der Waals surface area (Å²) >= 11 is 5.87. The summed E-state index contributed by atoms with van der Waals surface area (Å²) in [5, 5.41) is 5.57. The summed E-state index contributed by atoms with van der Waals surface area (Å²) in [5.74, 6) is -0.980. The number of carbonyl (C=O) groups is 2. The fraction of sp³-hybridized carbons (Fsp3) is 0.333. The first-order valence-electron chi connectivity index (χ1n) is 5.57. The van der Waals surface area contributed by atoms with Crippen LogP contribution in [-0.4, -0.2) is 17.9 Å². The maximum absolute atomic E-state index is 12.8. The standard InChI is InChI=1S/C12H12ClFN2O2/c13-9-5-8(14)2-1-7(9)6-15-10-3-4-11(17)16-12(10)18/h1-2,5,10,15H,3-4,6H2,(H,16,17,18). The van der Waals surface area contributed by atoms with E-state index >= 15 is 0 Å². The minimum absolute atomic E-state index is 0.252. The van der Waals surface area contributed by atoms with E-state index in [9.17, 15) is 14.0 Å². The van der Waals surface area contributed by atoms with Crippen LogP contribution in [0.15, 0.2) is 18.2 Å². The second-order valence-corrected chi connectivity index (χ2v) is 4.53. The Labute approximate surface area is 109 Å². The van der Waals surface area contributed by atoms with Gasteiger partial charge in [-0.3, -0.25) is 14.9 Å². The van der Waals surface area contributed by atoms with Crippen molar-refractivity contribution < 1.29 is 14.0 Å². The minimum Gasteiger partial charge on any atom is -0.302 e. The Bertz CT molecular complexity index is 493. The fourth-order valence-electron chi connectivity index (χ4n) is 1.79. The molecule has 0 spiro atoms. The Hall–Kier alpha value is -1.46. The lowest BCUT2D eigenvalue weighted by atomic mass is 10.1. The van der Waals surface area contributed by atoms with Crippen LogP contribution in [0, 0.1) is 5.82 Å². The van der Waals surface area contributed by atoms with Gasteiger partial charge in [-0.15, -0.1) is 0 Å². The van der Waals surface area contributed by atoms with Crippen molar-refractivity contribution in [3.05, 3.63) is 34.6 Å². The third kappa shape index (κ3) is 3.05. The largest absolute Gasteiger partial charge is 0.302 e. The second-order valence-electron chi connectivity index (χ2n) is 4.12. The third-order valence-corrected chi connectivity index (χ3v) is 3.15. The number of halogens is 2. The molecule has 1 aromatic rings. The average Bonchev–Trinajstić information content (AvgIpc) is 2.30. The maximum atomic E-state index is 12.8. The molecule has 1 atom stereocenters. The van der Waals surface area contributed by atoms with Crippen LogP contribution in [0.1, 0.15) is 18.4 Å². The number of imide groups is 1. The van der Waals surface area contributed by atoms with Crippen molar-refractivity contribution >= 4 is 23.4 Å². The van der Waals surface area contributed by atoms with Crippen molar-refractivity contribution in [2.24, 2.45) is 0 Å². The normalized spacial score (nSPS) is 19.8. The van der Waals surface area contributed by atoms with Gasteiger partial charge in [-0.05, 0) is 24.1 Å². The lowest BCUT2D eigenvalue weighted by molar-refractivity contribution is -0.134. The van der Waals surface area contributed by atoms with E-state index in [-0.39, 0.29) is 11.8 Å². The molecule has 1 aromatic carbocycles. The smallest absolute Gasteiger partial charge is 0.243 e. The average molecular weight is 271 g/mol. The molecule has 1 unspecified atom stereocenters. The van der Waals surface area contributed by atoms with E-state index in [2.05, 4.69) is 10.6 Å². The highest BCUT2D eigenvalue weighted by molar-refractivity contribution is 6.31. The van der Waals surface area contributed by atoms with E-state index < -0.39 is 11.9 Å². The molecule has 2 rings (SSSR count). The molecule has 0 aromatic heterocycles. The van der Waals surface area contributed by atoms with Crippen LogP contribution >= 0.6 is 11.6 Å². The Morgan fingerprint density at radius 1 is 1.44 bits per heavy atom. The fourth-order valence-corrected chi connectivity index (χ4v) is 2.02. The number of amides is 2. The van der Waals surface area contributed by atoms with Gasteiger partial charge in [0.2, 0.25) is 11.8 Å². The predicted octanol–water partition coefficient (Wildman–Crippen LogP) is 1.37. The van der Waals surface area contributed by atoms with E-state index in [0.29, 0.717) is 30.0 Å². The predicted molar refractivity (Wildman–Crippen MR) is 64.4 cm³/mol. The van der Waals surface area contributed by atoms with Crippen LogP contribution in [-0.2, 0) is 16.1 Å². The molecule has 1 saturated heterocycles. The summed E-state index contributed by atoms with van der Waals surface area (Å²) in [6.07, 6.45) is 0.782. The van der Waals surface area contributed by atoms with Crippen LogP contribution in [0.3, 0.4) is 0 Å². The van der Waals surface area contributed by atoms with E-state index in [1.165, 1.54) is 12.1 Å². The van der Waals surface area contributed by atoms with Gasteiger partial charge in [0, 0.05) is 18.0 Å². The van der Waals surface area contributed by atoms with Gasteiger partial charge in [-0.1, -0.05) is 17.7 Å². The minimum atomic E-state index is -0.413. The Balaban J connectivity index is 1.95. The zero-order chi connectivity index (χ0) is 13.1. The van der Waals surface area contributed by atoms with E-state index in [1.807, 2.05) is 0 Å². The first-order chi connectivity index (χ1) is 8.56. The van der Waals surface area contributed by atoms with Crippen LogP contribution in [0.2, 0.25) is 5.02 Å². The molecule has 1 heterocycles. The Morgan fingerprint density at radius 2 is 2.22 bits per heavy atom. The summed E-state index contributed by atoms with van der Waals surface area (Å²) in [5.41, 5.74) is 0.711. The summed E-state index contributed by atoms with van der Waals surface area (Å²) in [7, 11) is 0. The van der Waals surface area contributed by atoms with Crippen LogP contribution < -0.4 is 10.6 Å². The summed E-state index contributed by atoms with van der Waals surface area (Å²) < 4.78 is 12.8. The van der Waals surface area contributed by atoms with Gasteiger partial charge in [0.05, 0.1) is 6.04 Å². The molecule has 0 aliphatic carbocycles. The highest BCUT2D eigenvalue weighted by Crippen LogP contribution is 2.17. The molecule has 4 nitrogen and oxygen atoms in total. The molecule has 6 heteroatoms. The van der Waals surface area contributed by atoms with Crippen LogP contribution in [0.4, 0.5) is 4.39 Å². The molecule has 0 saturated carbocycles. The van der Waals surface area contributed by atoms with Gasteiger partial charge in [0.15, 0.2) is 0 Å². The maximum Gasteiger partial charge on any atom is 0.243 e. The summed E-state index contributed by atoms with van der Waals surface area (Å²) in [4.78, 5) is 22.4. The number of benzene rings is 1. The van der Waals surface area contributed by atoms with E-state index in [4.69, 9.17) is 11.6 Å². The number of nitrogens with one attached hydrogen (secondary N) is 2. The molecule has 96 valence electrons. The SMILES string of the molecule is O=C1CCC(NCc2ccc(F)cc2Cl)C(=O)N1. The topological polar surface area (TPSA) is 58.2 Å². The lowest BCUT2D eigenvalue weighted by Crippen LogP contribution is -2.50. The third-order valence-electron chi connectivity index (χ3n) is 2.79. The molecule has 2 amide bonds. The summed E-state index contributed by atoms with van der Waals surface area (Å²) in [6, 6.07) is 3.69. The number of piperidine rings is 1. The van der Waals surface area contributed by atoms with Crippen molar-refractivity contribution in [2.75, 3.05) is 0 Å². The van der Waals surface area contributed by atoms with Crippen molar-refractivity contribution in [1.29, 1.82) is 0 Å². The van der Waals surface area contributed by atoms with E-state index in [0.717, 1.165) is 0 Å². The van der Waals surface area contributed by atoms with E-state index in [1.54, 1.807) is 6.07 Å². The monoisotopic (exact) mass is 270 g/mol. The number of carbonyl (C=O) groups excluding carboxylic acids is 2. The quantitative estimate of drug-likeness (QED) is 0.816. The molecule has 1 fully saturated rings. The molecule has 1 aliphatic heterocycles. The number of hydrogen-bond donors (Lipinski definition) is 2. The molecule has 1 aliphatic rings. The zero-order valence-electron chi connectivity index (χ0n) is 9.50. The highest BCUT2D eigenvalue weighted by Gasteiger charge is 2.25. The summed E-state index contributed by atoms with van der Waals surface area (Å²) in [6.45, 7) is 0.353. The van der Waals surface area contributed by atoms with Crippen LogP contribution in [0.5, 0.6) is 0 Å². The van der Waals surface area contributed by atoms with Crippen molar-refractivity contribution in [1.82, 2.24) is 10.6 Å².